The van der Waals surface area contributed by atoms with Crippen LogP contribution in [0.5, 0.6) is 0 Å². The van der Waals surface area contributed by atoms with Crippen LogP contribution in [-0.4, -0.2) is 29.7 Å². The molecular formula is C12H23NO2S. The third kappa shape index (κ3) is 5.10. The maximum absolute atomic E-state index is 11.4. The largest absolute Gasteiger partial charge is 0.444 e. The van der Waals surface area contributed by atoms with Gasteiger partial charge in [-0.3, -0.25) is 0 Å². The minimum absolute atomic E-state index is 0.304. The van der Waals surface area contributed by atoms with Crippen LogP contribution in [0.2, 0.25) is 0 Å². The molecule has 1 aliphatic rings. The SMILES string of the molecule is CC1(CCNC(=O)OC(C)(C)C)CCSC1. The lowest BCUT2D eigenvalue weighted by molar-refractivity contribution is 0.0522. The third-order valence-corrected chi connectivity index (χ3v) is 4.09. The molecule has 0 radical (unpaired) electrons. The molecular weight excluding hydrogens is 222 g/mol. The summed E-state index contributed by atoms with van der Waals surface area (Å²) in [5.41, 5.74) is -0.00310. The van der Waals surface area contributed by atoms with Crippen LogP contribution in [-0.2, 0) is 4.74 Å². The van der Waals surface area contributed by atoms with Crippen LogP contribution in [0, 0.1) is 5.41 Å². The topological polar surface area (TPSA) is 38.3 Å². The average Bonchev–Trinajstić information content (AvgIpc) is 2.49. The molecule has 1 unspecified atom stereocenters. The Balaban J connectivity index is 2.18. The summed E-state index contributed by atoms with van der Waals surface area (Å²) >= 11 is 2.01. The number of thioether (sulfide) groups is 1. The predicted octanol–water partition coefficient (Wildman–Crippen LogP) is 3.04. The van der Waals surface area contributed by atoms with Crippen molar-refractivity contribution in [1.29, 1.82) is 0 Å². The third-order valence-electron chi connectivity index (χ3n) is 2.70. The van der Waals surface area contributed by atoms with Crippen molar-refractivity contribution in [2.75, 3.05) is 18.1 Å². The number of hydrogen-bond acceptors (Lipinski definition) is 3. The maximum Gasteiger partial charge on any atom is 0.407 e. The highest BCUT2D eigenvalue weighted by molar-refractivity contribution is 7.99. The van der Waals surface area contributed by atoms with Crippen molar-refractivity contribution in [2.45, 2.75) is 46.1 Å². The van der Waals surface area contributed by atoms with Gasteiger partial charge in [-0.1, -0.05) is 6.92 Å². The van der Waals surface area contributed by atoms with Crippen LogP contribution in [0.1, 0.15) is 40.5 Å². The molecule has 1 fully saturated rings. The van der Waals surface area contributed by atoms with E-state index in [0.29, 0.717) is 12.0 Å². The Hall–Kier alpha value is -0.380. The van der Waals surface area contributed by atoms with Crippen molar-refractivity contribution in [3.63, 3.8) is 0 Å². The molecule has 0 bridgehead atoms. The van der Waals surface area contributed by atoms with E-state index in [9.17, 15) is 4.79 Å². The van der Waals surface area contributed by atoms with Gasteiger partial charge < -0.3 is 10.1 Å². The molecule has 0 aliphatic carbocycles. The van der Waals surface area contributed by atoms with Crippen molar-refractivity contribution < 1.29 is 9.53 Å². The van der Waals surface area contributed by atoms with E-state index in [1.165, 1.54) is 17.9 Å². The van der Waals surface area contributed by atoms with Crippen molar-refractivity contribution in [1.82, 2.24) is 5.32 Å². The quantitative estimate of drug-likeness (QED) is 0.830. The maximum atomic E-state index is 11.4. The molecule has 1 amide bonds. The summed E-state index contributed by atoms with van der Waals surface area (Å²) in [6, 6.07) is 0. The standard InChI is InChI=1S/C12H23NO2S/c1-11(2,3)15-10(14)13-7-5-12(4)6-8-16-9-12/h5-9H2,1-4H3,(H,13,14). The fourth-order valence-electron chi connectivity index (χ4n) is 1.69. The fraction of sp³-hybridized carbons (Fsp3) is 0.917. The van der Waals surface area contributed by atoms with Gasteiger partial charge in [-0.05, 0) is 50.5 Å². The monoisotopic (exact) mass is 245 g/mol. The lowest BCUT2D eigenvalue weighted by Crippen LogP contribution is -2.34. The van der Waals surface area contributed by atoms with Crippen LogP contribution >= 0.6 is 11.8 Å². The van der Waals surface area contributed by atoms with Gasteiger partial charge in [0.05, 0.1) is 0 Å². The van der Waals surface area contributed by atoms with Crippen LogP contribution < -0.4 is 5.32 Å². The minimum Gasteiger partial charge on any atom is -0.444 e. The first kappa shape index (κ1) is 13.7. The Morgan fingerprint density at radius 2 is 2.19 bits per heavy atom. The molecule has 1 saturated heterocycles. The van der Waals surface area contributed by atoms with Gasteiger partial charge in [-0.15, -0.1) is 0 Å². The molecule has 4 heteroatoms. The highest BCUT2D eigenvalue weighted by Crippen LogP contribution is 2.37. The Morgan fingerprint density at radius 1 is 1.50 bits per heavy atom. The van der Waals surface area contributed by atoms with Gasteiger partial charge in [0, 0.05) is 6.54 Å². The van der Waals surface area contributed by atoms with Gasteiger partial charge in [0.25, 0.3) is 0 Å². The zero-order chi connectivity index (χ0) is 12.2. The Kier molecular flexibility index (Phi) is 4.53. The molecule has 1 rings (SSSR count). The van der Waals surface area contributed by atoms with Gasteiger partial charge in [-0.2, -0.15) is 11.8 Å². The van der Waals surface area contributed by atoms with Crippen molar-refractivity contribution >= 4 is 17.9 Å². The fourth-order valence-corrected chi connectivity index (χ4v) is 3.25. The van der Waals surface area contributed by atoms with E-state index in [1.54, 1.807) is 0 Å². The van der Waals surface area contributed by atoms with Crippen LogP contribution in [0.4, 0.5) is 4.79 Å². The molecule has 0 aromatic heterocycles. The molecule has 0 aromatic carbocycles. The van der Waals surface area contributed by atoms with Gasteiger partial charge in [0.1, 0.15) is 5.60 Å². The van der Waals surface area contributed by atoms with Crippen LogP contribution in [0.25, 0.3) is 0 Å². The first-order valence-corrected chi connectivity index (χ1v) is 7.01. The average molecular weight is 245 g/mol. The summed E-state index contributed by atoms with van der Waals surface area (Å²) in [5, 5.41) is 2.82. The second-order valence-corrected chi connectivity index (χ2v) is 6.90. The van der Waals surface area contributed by atoms with E-state index in [4.69, 9.17) is 4.74 Å². The summed E-state index contributed by atoms with van der Waals surface area (Å²) in [7, 11) is 0. The van der Waals surface area contributed by atoms with Gasteiger partial charge >= 0.3 is 6.09 Å². The van der Waals surface area contributed by atoms with Crippen LogP contribution in [0.15, 0.2) is 0 Å². The van der Waals surface area contributed by atoms with Gasteiger partial charge in [0.2, 0.25) is 0 Å². The van der Waals surface area contributed by atoms with Crippen molar-refractivity contribution in [2.24, 2.45) is 5.41 Å². The van der Waals surface area contributed by atoms with Crippen molar-refractivity contribution in [3.05, 3.63) is 0 Å². The number of nitrogens with one attached hydrogen (secondary N) is 1. The Morgan fingerprint density at radius 3 is 2.69 bits per heavy atom. The minimum atomic E-state index is -0.406. The number of carbonyl (C=O) groups excluding carboxylic acids is 1. The number of ether oxygens (including phenoxy) is 1. The highest BCUT2D eigenvalue weighted by Gasteiger charge is 2.28. The first-order valence-electron chi connectivity index (χ1n) is 5.85. The van der Waals surface area contributed by atoms with E-state index < -0.39 is 5.60 Å². The van der Waals surface area contributed by atoms with Crippen LogP contribution in [0.3, 0.4) is 0 Å². The zero-order valence-electron chi connectivity index (χ0n) is 10.8. The summed E-state index contributed by atoms with van der Waals surface area (Å²) in [4.78, 5) is 11.4. The van der Waals surface area contributed by atoms with E-state index >= 15 is 0 Å². The van der Waals surface area contributed by atoms with E-state index in [1.807, 2.05) is 32.5 Å². The number of hydrogen-bond donors (Lipinski definition) is 1. The molecule has 1 heterocycles. The molecule has 1 aliphatic heterocycles. The number of rotatable bonds is 3. The molecule has 0 saturated carbocycles. The molecule has 94 valence electrons. The van der Waals surface area contributed by atoms with Gasteiger partial charge in [-0.25, -0.2) is 4.79 Å². The lowest BCUT2D eigenvalue weighted by atomic mass is 9.86. The number of amides is 1. The molecule has 1 N–H and O–H groups in total. The van der Waals surface area contributed by atoms with Crippen molar-refractivity contribution in [3.8, 4) is 0 Å². The highest BCUT2D eigenvalue weighted by atomic mass is 32.2. The number of alkyl carbamates (subject to hydrolysis) is 1. The molecule has 0 aromatic rings. The second-order valence-electron chi connectivity index (χ2n) is 5.79. The molecule has 3 nitrogen and oxygen atoms in total. The summed E-state index contributed by atoms with van der Waals surface area (Å²) in [6.07, 6.45) is 1.99. The lowest BCUT2D eigenvalue weighted by Gasteiger charge is -2.23. The Labute approximate surface area is 103 Å². The normalized spacial score (nSPS) is 25.5. The summed E-state index contributed by atoms with van der Waals surface area (Å²) < 4.78 is 5.18. The van der Waals surface area contributed by atoms with Gasteiger partial charge in [0.15, 0.2) is 0 Å². The zero-order valence-corrected chi connectivity index (χ0v) is 11.6. The van der Waals surface area contributed by atoms with E-state index in [2.05, 4.69) is 12.2 Å². The summed E-state index contributed by atoms with van der Waals surface area (Å²) in [5.74, 6) is 2.46. The molecule has 16 heavy (non-hydrogen) atoms. The Bertz CT molecular complexity index is 242. The second kappa shape index (κ2) is 5.30. The van der Waals surface area contributed by atoms with E-state index in [0.717, 1.165) is 6.42 Å². The predicted molar refractivity (Wildman–Crippen MR) is 68.9 cm³/mol. The number of carbonyl (C=O) groups is 1. The molecule has 1 atom stereocenters. The summed E-state index contributed by atoms with van der Waals surface area (Å²) in [6.45, 7) is 8.64. The van der Waals surface area contributed by atoms with E-state index in [-0.39, 0.29) is 6.09 Å². The first-order chi connectivity index (χ1) is 7.31. The smallest absolute Gasteiger partial charge is 0.407 e. The molecule has 0 spiro atoms.